The van der Waals surface area contributed by atoms with Crippen molar-refractivity contribution >= 4 is 23.2 Å². The number of hydrogen-bond acceptors (Lipinski definition) is 3. The number of halogens is 1. The molecule has 0 radical (unpaired) electrons. The fourth-order valence-electron chi connectivity index (χ4n) is 2.19. The van der Waals surface area contributed by atoms with Crippen molar-refractivity contribution in [2.45, 2.75) is 13.5 Å². The summed E-state index contributed by atoms with van der Waals surface area (Å²) in [5.41, 5.74) is 3.35. The van der Waals surface area contributed by atoms with Crippen molar-refractivity contribution in [2.24, 2.45) is 0 Å². The van der Waals surface area contributed by atoms with E-state index in [0.29, 0.717) is 22.8 Å². The molecule has 0 aliphatic rings. The lowest BCUT2D eigenvalue weighted by atomic mass is 10.1. The molecule has 23 heavy (non-hydrogen) atoms. The van der Waals surface area contributed by atoms with Crippen LogP contribution in [-0.4, -0.2) is 24.4 Å². The number of nitrogens with zero attached hydrogens (tertiary/aromatic N) is 2. The Hall–Kier alpha value is -2.35. The number of nitriles is 1. The molecule has 4 nitrogen and oxygen atoms in total. The minimum absolute atomic E-state index is 0.125. The van der Waals surface area contributed by atoms with Crippen molar-refractivity contribution in [3.8, 4) is 6.07 Å². The first kappa shape index (κ1) is 17.0. The summed E-state index contributed by atoms with van der Waals surface area (Å²) < 4.78 is 0. The Morgan fingerprint density at radius 2 is 1.96 bits per heavy atom. The molecule has 1 amide bonds. The largest absolute Gasteiger partial charge is 0.325 e. The topological polar surface area (TPSA) is 56.1 Å². The minimum atomic E-state index is -0.125. The second-order valence-corrected chi connectivity index (χ2v) is 5.92. The van der Waals surface area contributed by atoms with Crippen LogP contribution < -0.4 is 5.32 Å². The van der Waals surface area contributed by atoms with E-state index < -0.39 is 0 Å². The molecule has 0 bridgehead atoms. The number of carbonyl (C=O) groups is 1. The molecule has 0 aliphatic carbocycles. The second-order valence-electron chi connectivity index (χ2n) is 5.51. The Morgan fingerprint density at radius 3 is 2.57 bits per heavy atom. The molecule has 2 rings (SSSR count). The molecular formula is C18H18ClN3O. The van der Waals surface area contributed by atoms with Crippen molar-refractivity contribution in [1.29, 1.82) is 5.26 Å². The van der Waals surface area contributed by atoms with Gasteiger partial charge >= 0.3 is 0 Å². The highest BCUT2D eigenvalue weighted by atomic mass is 35.5. The molecule has 0 spiro atoms. The van der Waals surface area contributed by atoms with Gasteiger partial charge < -0.3 is 5.32 Å². The smallest absolute Gasteiger partial charge is 0.238 e. The summed E-state index contributed by atoms with van der Waals surface area (Å²) in [7, 11) is 1.89. The molecule has 0 aromatic heterocycles. The Balaban J connectivity index is 1.90. The molecule has 1 N–H and O–H groups in total. The summed E-state index contributed by atoms with van der Waals surface area (Å²) in [6, 6.07) is 15.1. The van der Waals surface area contributed by atoms with Gasteiger partial charge in [0.05, 0.1) is 17.1 Å². The summed E-state index contributed by atoms with van der Waals surface area (Å²) in [4.78, 5) is 14.0. The van der Waals surface area contributed by atoms with Crippen LogP contribution in [0.4, 0.5) is 5.69 Å². The van der Waals surface area contributed by atoms with E-state index in [1.165, 1.54) is 5.56 Å². The van der Waals surface area contributed by atoms with E-state index in [9.17, 15) is 4.79 Å². The van der Waals surface area contributed by atoms with Gasteiger partial charge in [0.25, 0.3) is 0 Å². The average molecular weight is 328 g/mol. The Kier molecular flexibility index (Phi) is 5.75. The molecule has 5 heteroatoms. The van der Waals surface area contributed by atoms with Crippen molar-refractivity contribution in [1.82, 2.24) is 4.90 Å². The number of nitrogens with one attached hydrogen (secondary N) is 1. The maximum atomic E-state index is 12.1. The third-order valence-corrected chi connectivity index (χ3v) is 3.67. The summed E-state index contributed by atoms with van der Waals surface area (Å²) >= 11 is 5.95. The lowest BCUT2D eigenvalue weighted by molar-refractivity contribution is -0.117. The van der Waals surface area contributed by atoms with Gasteiger partial charge in [0.1, 0.15) is 6.07 Å². The highest BCUT2D eigenvalue weighted by molar-refractivity contribution is 6.32. The van der Waals surface area contributed by atoms with Gasteiger partial charge in [-0.1, -0.05) is 41.4 Å². The molecule has 0 unspecified atom stereocenters. The van der Waals surface area contributed by atoms with Gasteiger partial charge in [-0.05, 0) is 37.7 Å². The fraction of sp³-hybridized carbons (Fsp3) is 0.222. The van der Waals surface area contributed by atoms with E-state index in [-0.39, 0.29) is 12.5 Å². The van der Waals surface area contributed by atoms with Gasteiger partial charge in [-0.25, -0.2) is 0 Å². The van der Waals surface area contributed by atoms with Crippen LogP contribution in [0.1, 0.15) is 16.7 Å². The summed E-state index contributed by atoms with van der Waals surface area (Å²) in [6.45, 7) is 3.01. The van der Waals surface area contributed by atoms with Gasteiger partial charge in [-0.2, -0.15) is 5.26 Å². The zero-order chi connectivity index (χ0) is 16.8. The number of benzene rings is 2. The molecule has 2 aromatic carbocycles. The normalized spacial score (nSPS) is 10.4. The molecule has 0 fully saturated rings. The van der Waals surface area contributed by atoms with Gasteiger partial charge in [-0.3, -0.25) is 9.69 Å². The molecule has 0 heterocycles. The third-order valence-electron chi connectivity index (χ3n) is 3.36. The highest BCUT2D eigenvalue weighted by Gasteiger charge is 2.09. The van der Waals surface area contributed by atoms with Gasteiger partial charge in [-0.15, -0.1) is 0 Å². The highest BCUT2D eigenvalue weighted by Crippen LogP contribution is 2.20. The number of amides is 1. The Morgan fingerprint density at radius 1 is 1.26 bits per heavy atom. The van der Waals surface area contributed by atoms with E-state index in [2.05, 4.69) is 29.6 Å². The van der Waals surface area contributed by atoms with Crippen LogP contribution in [0.5, 0.6) is 0 Å². The van der Waals surface area contributed by atoms with Crippen molar-refractivity contribution in [3.05, 3.63) is 64.2 Å². The van der Waals surface area contributed by atoms with Gasteiger partial charge in [0.2, 0.25) is 5.91 Å². The summed E-state index contributed by atoms with van der Waals surface area (Å²) in [6.07, 6.45) is 0. The maximum absolute atomic E-state index is 12.1. The van der Waals surface area contributed by atoms with Crippen LogP contribution in [0.2, 0.25) is 5.02 Å². The molecule has 118 valence electrons. The maximum Gasteiger partial charge on any atom is 0.238 e. The first-order valence-electron chi connectivity index (χ1n) is 7.21. The number of anilines is 1. The standard InChI is InChI=1S/C18H18ClN3O/c1-13-3-5-14(6-4-13)11-22(2)12-18(23)21-16-8-7-15(10-20)17(19)9-16/h3-9H,11-12H2,1-2H3,(H,21,23). The van der Waals surface area contributed by atoms with E-state index in [1.807, 2.05) is 24.9 Å². The first-order chi connectivity index (χ1) is 11.0. The zero-order valence-electron chi connectivity index (χ0n) is 13.1. The van der Waals surface area contributed by atoms with Crippen LogP contribution in [0.3, 0.4) is 0 Å². The van der Waals surface area contributed by atoms with Gasteiger partial charge in [0.15, 0.2) is 0 Å². The lowest BCUT2D eigenvalue weighted by Gasteiger charge is -2.16. The van der Waals surface area contributed by atoms with Crippen LogP contribution in [0.25, 0.3) is 0 Å². The fourth-order valence-corrected chi connectivity index (χ4v) is 2.41. The molecular weight excluding hydrogens is 310 g/mol. The first-order valence-corrected chi connectivity index (χ1v) is 7.59. The molecule has 0 saturated heterocycles. The monoisotopic (exact) mass is 327 g/mol. The number of aryl methyl sites for hydroxylation is 1. The lowest BCUT2D eigenvalue weighted by Crippen LogP contribution is -2.29. The van der Waals surface area contributed by atoms with Crippen molar-refractivity contribution in [2.75, 3.05) is 18.9 Å². The quantitative estimate of drug-likeness (QED) is 0.913. The van der Waals surface area contributed by atoms with Crippen LogP contribution in [0.15, 0.2) is 42.5 Å². The van der Waals surface area contributed by atoms with E-state index >= 15 is 0 Å². The molecule has 0 aliphatic heterocycles. The van der Waals surface area contributed by atoms with Gasteiger partial charge in [0, 0.05) is 12.2 Å². The van der Waals surface area contributed by atoms with Crippen molar-refractivity contribution in [3.63, 3.8) is 0 Å². The number of hydrogen-bond donors (Lipinski definition) is 1. The predicted octanol–water partition coefficient (Wildman–Crippen LogP) is 3.59. The average Bonchev–Trinajstić information content (AvgIpc) is 2.49. The predicted molar refractivity (Wildman–Crippen MR) is 92.3 cm³/mol. The minimum Gasteiger partial charge on any atom is -0.325 e. The summed E-state index contributed by atoms with van der Waals surface area (Å²) in [5, 5.41) is 12.0. The van der Waals surface area contributed by atoms with E-state index in [4.69, 9.17) is 16.9 Å². The Labute approximate surface area is 141 Å². The third kappa shape index (κ3) is 5.10. The molecule has 0 saturated carbocycles. The molecule has 0 atom stereocenters. The second kappa shape index (κ2) is 7.77. The Bertz CT molecular complexity index is 735. The zero-order valence-corrected chi connectivity index (χ0v) is 13.9. The van der Waals surface area contributed by atoms with Crippen LogP contribution in [0, 0.1) is 18.3 Å². The van der Waals surface area contributed by atoms with E-state index in [0.717, 1.165) is 5.56 Å². The molecule has 2 aromatic rings. The number of rotatable bonds is 5. The van der Waals surface area contributed by atoms with Crippen LogP contribution >= 0.6 is 11.6 Å². The number of carbonyl (C=O) groups excluding carboxylic acids is 1. The SMILES string of the molecule is Cc1ccc(CN(C)CC(=O)Nc2ccc(C#N)c(Cl)c2)cc1. The van der Waals surface area contributed by atoms with Crippen molar-refractivity contribution < 1.29 is 4.79 Å². The summed E-state index contributed by atoms with van der Waals surface area (Å²) in [5.74, 6) is -0.125. The number of likely N-dealkylation sites (N-methyl/N-ethyl adjacent to an activating group) is 1. The van der Waals surface area contributed by atoms with E-state index in [1.54, 1.807) is 18.2 Å². The van der Waals surface area contributed by atoms with Crippen LogP contribution in [-0.2, 0) is 11.3 Å².